The van der Waals surface area contributed by atoms with Crippen LogP contribution in [0.3, 0.4) is 0 Å². The van der Waals surface area contributed by atoms with E-state index in [9.17, 15) is 4.39 Å². The molecule has 39 heavy (non-hydrogen) atoms. The minimum atomic E-state index is -0.249. The predicted molar refractivity (Wildman–Crippen MR) is 164 cm³/mol. The fourth-order valence-electron chi connectivity index (χ4n) is 5.00. The molecule has 0 radical (unpaired) electrons. The number of hydrogen-bond acceptors (Lipinski definition) is 2. The van der Waals surface area contributed by atoms with E-state index in [0.717, 1.165) is 16.9 Å². The van der Waals surface area contributed by atoms with Gasteiger partial charge in [0.05, 0.1) is 6.54 Å². The van der Waals surface area contributed by atoms with Gasteiger partial charge in [-0.15, -0.1) is 0 Å². The third-order valence-corrected chi connectivity index (χ3v) is 8.53. The van der Waals surface area contributed by atoms with Gasteiger partial charge < -0.3 is 10.2 Å². The van der Waals surface area contributed by atoms with Crippen molar-refractivity contribution < 1.29 is 4.39 Å². The van der Waals surface area contributed by atoms with E-state index in [1.165, 1.54) is 44.2 Å². The van der Waals surface area contributed by atoms with Crippen molar-refractivity contribution in [2.75, 3.05) is 10.2 Å². The minimum Gasteiger partial charge on any atom is -0.332 e. The zero-order valence-electron chi connectivity index (χ0n) is 21.5. The van der Waals surface area contributed by atoms with Gasteiger partial charge in [-0.1, -0.05) is 90.1 Å². The van der Waals surface area contributed by atoms with Gasteiger partial charge in [-0.05, 0) is 89.9 Å². The summed E-state index contributed by atoms with van der Waals surface area (Å²) in [4.78, 5) is 4.66. The first-order valence-corrected chi connectivity index (χ1v) is 14.1. The number of benzene rings is 5. The van der Waals surface area contributed by atoms with Crippen LogP contribution >= 0.6 is 24.0 Å². The van der Waals surface area contributed by atoms with Crippen LogP contribution in [0.4, 0.5) is 15.8 Å². The predicted octanol–water partition coefficient (Wildman–Crippen LogP) is 9.18. The fraction of sp³-hybridized carbons (Fsp3) is 0.0882. The van der Waals surface area contributed by atoms with Crippen LogP contribution < -0.4 is 10.2 Å². The van der Waals surface area contributed by atoms with E-state index in [0.29, 0.717) is 11.7 Å². The molecule has 0 aromatic heterocycles. The largest absolute Gasteiger partial charge is 0.332 e. The summed E-state index contributed by atoms with van der Waals surface area (Å²) in [5.74, 6) is -0.0860. The standard InChI is InChI=1S/C34H27FN2S2/c1-23-10-18-27(19-11-23)36-34(38)37(22-24-12-16-26(35)17-13-24)28-20-14-25(15-21-28)33-29-6-2-4-8-31(29)39-32-9-5-3-7-30(32)33/h2-21,33H,22H2,1H3,(H,36,38). The summed E-state index contributed by atoms with van der Waals surface area (Å²) < 4.78 is 13.6. The molecule has 0 atom stereocenters. The molecule has 0 bridgehead atoms. The van der Waals surface area contributed by atoms with E-state index in [-0.39, 0.29) is 11.7 Å². The smallest absolute Gasteiger partial charge is 0.178 e. The van der Waals surface area contributed by atoms with Gasteiger partial charge in [-0.3, -0.25) is 0 Å². The van der Waals surface area contributed by atoms with Crippen molar-refractivity contribution in [1.29, 1.82) is 0 Å². The van der Waals surface area contributed by atoms with Gasteiger partial charge in [0, 0.05) is 27.1 Å². The van der Waals surface area contributed by atoms with E-state index in [4.69, 9.17) is 12.2 Å². The monoisotopic (exact) mass is 546 g/mol. The highest BCUT2D eigenvalue weighted by Gasteiger charge is 2.27. The van der Waals surface area contributed by atoms with Gasteiger partial charge >= 0.3 is 0 Å². The lowest BCUT2D eigenvalue weighted by Gasteiger charge is -2.29. The molecule has 1 heterocycles. The third kappa shape index (κ3) is 5.47. The van der Waals surface area contributed by atoms with Crippen molar-refractivity contribution in [2.24, 2.45) is 0 Å². The Morgan fingerprint density at radius 3 is 1.97 bits per heavy atom. The molecular formula is C34H27FN2S2. The first-order chi connectivity index (χ1) is 19.0. The van der Waals surface area contributed by atoms with Gasteiger partial charge in [0.2, 0.25) is 0 Å². The summed E-state index contributed by atoms with van der Waals surface area (Å²) >= 11 is 7.73. The van der Waals surface area contributed by atoms with Crippen LogP contribution in [0.2, 0.25) is 0 Å². The highest BCUT2D eigenvalue weighted by molar-refractivity contribution is 7.99. The number of aryl methyl sites for hydroxylation is 1. The maximum absolute atomic E-state index is 13.6. The molecule has 6 rings (SSSR count). The van der Waals surface area contributed by atoms with Crippen LogP contribution in [0.5, 0.6) is 0 Å². The quantitative estimate of drug-likeness (QED) is 0.217. The lowest BCUT2D eigenvalue weighted by molar-refractivity contribution is 0.627. The molecule has 0 amide bonds. The summed E-state index contributed by atoms with van der Waals surface area (Å²) in [7, 11) is 0. The van der Waals surface area contributed by atoms with Crippen molar-refractivity contribution in [3.63, 3.8) is 0 Å². The van der Waals surface area contributed by atoms with E-state index in [1.807, 2.05) is 23.9 Å². The summed E-state index contributed by atoms with van der Waals surface area (Å²) in [6.45, 7) is 2.58. The van der Waals surface area contributed by atoms with Crippen LogP contribution in [-0.4, -0.2) is 5.11 Å². The van der Waals surface area contributed by atoms with Crippen LogP contribution in [0, 0.1) is 12.7 Å². The molecule has 0 unspecified atom stereocenters. The van der Waals surface area contributed by atoms with Crippen molar-refractivity contribution in [2.45, 2.75) is 29.2 Å². The van der Waals surface area contributed by atoms with E-state index < -0.39 is 0 Å². The van der Waals surface area contributed by atoms with Gasteiger partial charge in [0.15, 0.2) is 5.11 Å². The summed E-state index contributed by atoms with van der Waals surface area (Å²) in [6.07, 6.45) is 0. The molecule has 2 nitrogen and oxygen atoms in total. The van der Waals surface area contributed by atoms with Crippen molar-refractivity contribution in [3.05, 3.63) is 155 Å². The summed E-state index contributed by atoms with van der Waals surface area (Å²) in [5, 5.41) is 3.97. The molecule has 0 saturated carbocycles. The molecule has 192 valence electrons. The molecule has 5 heteroatoms. The van der Waals surface area contributed by atoms with Crippen LogP contribution in [0.15, 0.2) is 131 Å². The molecule has 5 aromatic rings. The Kier molecular flexibility index (Phi) is 7.18. The number of fused-ring (bicyclic) bond motifs is 2. The second-order valence-corrected chi connectivity index (χ2v) is 11.2. The number of anilines is 2. The maximum Gasteiger partial charge on any atom is 0.178 e. The van der Waals surface area contributed by atoms with E-state index in [2.05, 4.69) is 102 Å². The van der Waals surface area contributed by atoms with Crippen LogP contribution in [-0.2, 0) is 6.54 Å². The SMILES string of the molecule is Cc1ccc(NC(=S)N(Cc2ccc(F)cc2)c2ccc(C3c4ccccc4Sc4ccccc43)cc2)cc1. The number of nitrogens with one attached hydrogen (secondary N) is 1. The Morgan fingerprint density at radius 1 is 0.769 bits per heavy atom. The van der Waals surface area contributed by atoms with Crippen molar-refractivity contribution in [1.82, 2.24) is 0 Å². The number of halogens is 1. The Balaban J connectivity index is 1.34. The molecule has 0 aliphatic carbocycles. The number of hydrogen-bond donors (Lipinski definition) is 1. The Bertz CT molecular complexity index is 1570. The summed E-state index contributed by atoms with van der Waals surface area (Å²) in [6, 6.07) is 40.8. The zero-order chi connectivity index (χ0) is 26.8. The second-order valence-electron chi connectivity index (χ2n) is 9.71. The van der Waals surface area contributed by atoms with Crippen LogP contribution in [0.1, 0.15) is 33.7 Å². The van der Waals surface area contributed by atoms with Gasteiger partial charge in [-0.25, -0.2) is 4.39 Å². The molecule has 1 aliphatic heterocycles. The maximum atomic E-state index is 13.6. The Morgan fingerprint density at radius 2 is 1.36 bits per heavy atom. The molecule has 0 spiro atoms. The lowest BCUT2D eigenvalue weighted by atomic mass is 9.84. The molecule has 1 N–H and O–H groups in total. The molecular weight excluding hydrogens is 520 g/mol. The average molecular weight is 547 g/mol. The highest BCUT2D eigenvalue weighted by atomic mass is 32.2. The highest BCUT2D eigenvalue weighted by Crippen LogP contribution is 2.48. The summed E-state index contributed by atoms with van der Waals surface area (Å²) in [5.41, 5.74) is 7.95. The van der Waals surface area contributed by atoms with E-state index >= 15 is 0 Å². The topological polar surface area (TPSA) is 15.3 Å². The molecule has 5 aromatic carbocycles. The first kappa shape index (κ1) is 25.4. The molecule has 0 saturated heterocycles. The third-order valence-electron chi connectivity index (χ3n) is 7.02. The molecule has 0 fully saturated rings. The van der Waals surface area contributed by atoms with Gasteiger partial charge in [-0.2, -0.15) is 0 Å². The zero-order valence-corrected chi connectivity index (χ0v) is 23.1. The van der Waals surface area contributed by atoms with Crippen molar-refractivity contribution >= 4 is 40.5 Å². The Hall–Kier alpha value is -3.93. The van der Waals surface area contributed by atoms with Crippen LogP contribution in [0.25, 0.3) is 0 Å². The van der Waals surface area contributed by atoms with Gasteiger partial charge in [0.25, 0.3) is 0 Å². The number of rotatable bonds is 5. The lowest BCUT2D eigenvalue weighted by Crippen LogP contribution is -2.34. The van der Waals surface area contributed by atoms with Gasteiger partial charge in [0.1, 0.15) is 5.82 Å². The van der Waals surface area contributed by atoms with Crippen molar-refractivity contribution in [3.8, 4) is 0 Å². The normalized spacial score (nSPS) is 12.4. The first-order valence-electron chi connectivity index (χ1n) is 12.9. The number of nitrogens with zero attached hydrogens (tertiary/aromatic N) is 1. The number of thiocarbonyl (C=S) groups is 1. The average Bonchev–Trinajstić information content (AvgIpc) is 2.97. The fourth-order valence-corrected chi connectivity index (χ4v) is 6.42. The van der Waals surface area contributed by atoms with E-state index in [1.54, 1.807) is 12.1 Å². The minimum absolute atomic E-state index is 0.163. The second kappa shape index (κ2) is 11.0. The molecule has 1 aliphatic rings. The Labute approximate surface area is 238 Å².